The normalized spacial score (nSPS) is 34.9. The predicted molar refractivity (Wildman–Crippen MR) is 196 cm³/mol. The van der Waals surface area contributed by atoms with Gasteiger partial charge in [0.05, 0.1) is 6.10 Å². The summed E-state index contributed by atoms with van der Waals surface area (Å²) in [4.78, 5) is 11.8. The number of unbranched alkanes of at least 4 members (excludes halogenated alkanes) is 3. The molecule has 4 fully saturated rings. The smallest absolute Gasteiger partial charge is 0.331 e. The Morgan fingerprint density at radius 1 is 0.891 bits per heavy atom. The van der Waals surface area contributed by atoms with E-state index in [1.165, 1.54) is 70.6 Å². The molecule has 0 amide bonds. The molecular formula is C42H65BrO3. The first-order valence-electron chi connectivity index (χ1n) is 19.3. The van der Waals surface area contributed by atoms with Crippen molar-refractivity contribution in [1.82, 2.24) is 0 Å². The van der Waals surface area contributed by atoms with Gasteiger partial charge >= 0.3 is 5.97 Å². The first-order chi connectivity index (χ1) is 22.0. The summed E-state index contributed by atoms with van der Waals surface area (Å²) in [6.07, 6.45) is 23.6. The summed E-state index contributed by atoms with van der Waals surface area (Å²) < 4.78 is 6.63. The van der Waals surface area contributed by atoms with Crippen LogP contribution in [0.3, 0.4) is 0 Å². The minimum absolute atomic E-state index is 0.293. The summed E-state index contributed by atoms with van der Waals surface area (Å²) in [5, 5.41) is 10.7. The summed E-state index contributed by atoms with van der Waals surface area (Å²) >= 11 is 3.47. The lowest BCUT2D eigenvalue weighted by atomic mass is 9.44. The number of rotatable bonds is 15. The second-order valence-corrected chi connectivity index (χ2v) is 17.9. The van der Waals surface area contributed by atoms with Gasteiger partial charge in [-0.15, -0.1) is 0 Å². The largest absolute Gasteiger partial charge is 0.490 e. The summed E-state index contributed by atoms with van der Waals surface area (Å²) in [5.41, 5.74) is 2.49. The number of ether oxygens (including phenoxy) is 1. The van der Waals surface area contributed by atoms with Gasteiger partial charge in [-0.25, -0.2) is 4.79 Å². The van der Waals surface area contributed by atoms with Gasteiger partial charge in [-0.1, -0.05) is 94.8 Å². The fourth-order valence-electron chi connectivity index (χ4n) is 11.4. The second kappa shape index (κ2) is 15.9. The predicted octanol–water partition coefficient (Wildman–Crippen LogP) is 12.4. The number of alkyl halides is 1. The molecule has 3 nitrogen and oxygen atoms in total. The third-order valence-electron chi connectivity index (χ3n) is 13.9. The van der Waals surface area contributed by atoms with E-state index in [0.717, 1.165) is 90.2 Å². The van der Waals surface area contributed by atoms with Crippen LogP contribution in [-0.4, -0.2) is 22.5 Å². The zero-order valence-corrected chi connectivity index (χ0v) is 31.5. The van der Waals surface area contributed by atoms with Crippen LogP contribution in [0.5, 0.6) is 5.75 Å². The van der Waals surface area contributed by atoms with E-state index in [1.54, 1.807) is 0 Å². The molecule has 2 unspecified atom stereocenters. The molecular weight excluding hydrogens is 632 g/mol. The van der Waals surface area contributed by atoms with Crippen LogP contribution >= 0.6 is 15.9 Å². The maximum Gasteiger partial charge on any atom is 0.331 e. The average Bonchev–Trinajstić information content (AvgIpc) is 3.38. The van der Waals surface area contributed by atoms with E-state index < -0.39 is 5.97 Å². The monoisotopic (exact) mass is 696 g/mol. The maximum atomic E-state index is 11.8. The molecule has 46 heavy (non-hydrogen) atoms. The molecule has 0 bridgehead atoms. The van der Waals surface area contributed by atoms with Crippen LogP contribution < -0.4 is 4.74 Å². The molecule has 4 saturated carbocycles. The van der Waals surface area contributed by atoms with Crippen molar-refractivity contribution in [1.29, 1.82) is 0 Å². The number of fused-ring (bicyclic) bond motifs is 5. The Morgan fingerprint density at radius 2 is 1.61 bits per heavy atom. The number of carboxylic acids is 1. The summed E-state index contributed by atoms with van der Waals surface area (Å²) in [5.74, 6) is 6.35. The lowest BCUT2D eigenvalue weighted by Gasteiger charge is -2.61. The lowest BCUT2D eigenvalue weighted by molar-refractivity contribution is -0.132. The average molecular weight is 698 g/mol. The van der Waals surface area contributed by atoms with Gasteiger partial charge in [0, 0.05) is 10.9 Å². The van der Waals surface area contributed by atoms with E-state index in [1.807, 2.05) is 30.3 Å². The van der Waals surface area contributed by atoms with Crippen LogP contribution in [0.1, 0.15) is 149 Å². The Balaban J connectivity index is 1.15. The van der Waals surface area contributed by atoms with E-state index in [4.69, 9.17) is 4.74 Å². The summed E-state index contributed by atoms with van der Waals surface area (Å²) in [6.45, 7) is 12.7. The number of benzene rings is 1. The minimum atomic E-state index is -0.803. The number of aliphatic carboxylic acids is 1. The summed E-state index contributed by atoms with van der Waals surface area (Å²) in [7, 11) is 0. The molecule has 4 aliphatic carbocycles. The summed E-state index contributed by atoms with van der Waals surface area (Å²) in [6, 6.07) is 8.16. The van der Waals surface area contributed by atoms with Crippen molar-refractivity contribution in [2.75, 3.05) is 5.33 Å². The van der Waals surface area contributed by atoms with Gasteiger partial charge in [-0.2, -0.15) is 0 Å². The van der Waals surface area contributed by atoms with E-state index >= 15 is 0 Å². The fourth-order valence-corrected chi connectivity index (χ4v) is 11.8. The van der Waals surface area contributed by atoms with Crippen LogP contribution in [0.4, 0.5) is 0 Å². The molecule has 0 aromatic heterocycles. The molecule has 1 aromatic carbocycles. The van der Waals surface area contributed by atoms with Crippen LogP contribution in [0.25, 0.3) is 6.08 Å². The van der Waals surface area contributed by atoms with Crippen molar-refractivity contribution >= 4 is 28.0 Å². The number of carbonyl (C=O) groups is 1. The molecule has 4 heteroatoms. The quantitative estimate of drug-likeness (QED) is 0.113. The van der Waals surface area contributed by atoms with Gasteiger partial charge in [-0.05, 0) is 153 Å². The molecule has 0 aliphatic heterocycles. The van der Waals surface area contributed by atoms with Crippen molar-refractivity contribution in [3.05, 3.63) is 35.4 Å². The van der Waals surface area contributed by atoms with Gasteiger partial charge in [-0.3, -0.25) is 0 Å². The highest BCUT2D eigenvalue weighted by atomic mass is 79.9. The zero-order chi connectivity index (χ0) is 32.9. The van der Waals surface area contributed by atoms with Crippen LogP contribution in [0.15, 0.2) is 29.8 Å². The van der Waals surface area contributed by atoms with Gasteiger partial charge in [0.25, 0.3) is 0 Å². The van der Waals surface area contributed by atoms with Gasteiger partial charge in [0.15, 0.2) is 0 Å². The van der Waals surface area contributed by atoms with Gasteiger partial charge in [0.2, 0.25) is 0 Å². The Bertz CT molecular complexity index is 1160. The van der Waals surface area contributed by atoms with Gasteiger partial charge in [0.1, 0.15) is 5.75 Å². The molecule has 0 radical (unpaired) electrons. The van der Waals surface area contributed by atoms with E-state index in [-0.39, 0.29) is 0 Å². The standard InChI is InChI=1S/C42H65BrO3/c1-29(2)11-10-12-30(3)37-20-21-38-36-19-16-33-28-35(22-24-41(33,4)39(36)23-25-42(37,38)5)46-34-17-14-31(15-18-34)27-32(40(44)45)13-8-6-7-9-26-43/h14-15,17-18,27,29-30,33,35-39H,6-13,16,19-26,28H2,1-5H3,(H,44,45)/t30-,33?,35?,36+,37-,38+,39+,41+,42-/m1/s1. The molecule has 4 aliphatic rings. The van der Waals surface area contributed by atoms with Gasteiger partial charge < -0.3 is 9.84 Å². The highest BCUT2D eigenvalue weighted by Gasteiger charge is 2.60. The fraction of sp³-hybridized carbons (Fsp3) is 0.786. The molecule has 5 rings (SSSR count). The molecule has 258 valence electrons. The maximum absolute atomic E-state index is 11.8. The van der Waals surface area contributed by atoms with Crippen LogP contribution in [0.2, 0.25) is 0 Å². The molecule has 0 saturated heterocycles. The lowest BCUT2D eigenvalue weighted by Crippen LogP contribution is -2.54. The molecule has 0 heterocycles. The third kappa shape index (κ3) is 8.11. The van der Waals surface area contributed by atoms with Crippen molar-refractivity contribution in [3.8, 4) is 5.75 Å². The molecule has 9 atom stereocenters. The van der Waals surface area contributed by atoms with Crippen LogP contribution in [-0.2, 0) is 4.79 Å². The number of carboxylic acid groups (broad SMARTS) is 1. The van der Waals surface area contributed by atoms with Crippen LogP contribution in [0, 0.1) is 52.3 Å². The Hall–Kier alpha value is -1.29. The number of halogens is 1. The van der Waals surface area contributed by atoms with Crippen molar-refractivity contribution in [2.24, 2.45) is 52.3 Å². The van der Waals surface area contributed by atoms with E-state index in [9.17, 15) is 9.90 Å². The third-order valence-corrected chi connectivity index (χ3v) is 14.5. The van der Waals surface area contributed by atoms with Crippen molar-refractivity contribution in [3.63, 3.8) is 0 Å². The highest BCUT2D eigenvalue weighted by molar-refractivity contribution is 9.09. The SMILES string of the molecule is CC(C)CCC[C@@H](C)[C@H]1CC[C@H]2[C@@H]3CCC4CC(Oc5ccc(C=C(CCCCCCBr)C(=O)O)cc5)CC[C@]4(C)[C@H]3CC[C@]12C. The first-order valence-corrected chi connectivity index (χ1v) is 20.4. The minimum Gasteiger partial charge on any atom is -0.490 e. The number of hydrogen-bond acceptors (Lipinski definition) is 2. The molecule has 1 N–H and O–H groups in total. The topological polar surface area (TPSA) is 46.5 Å². The highest BCUT2D eigenvalue weighted by Crippen LogP contribution is 2.68. The van der Waals surface area contributed by atoms with E-state index in [0.29, 0.717) is 28.9 Å². The molecule has 1 aromatic rings. The second-order valence-electron chi connectivity index (χ2n) is 17.1. The zero-order valence-electron chi connectivity index (χ0n) is 29.9. The Morgan fingerprint density at radius 3 is 2.33 bits per heavy atom. The van der Waals surface area contributed by atoms with Crippen molar-refractivity contribution in [2.45, 2.75) is 150 Å². The number of hydrogen-bond donors (Lipinski definition) is 1. The first kappa shape index (κ1) is 36.0. The van der Waals surface area contributed by atoms with E-state index in [2.05, 4.69) is 50.5 Å². The Labute approximate surface area is 290 Å². The van der Waals surface area contributed by atoms with Crippen molar-refractivity contribution < 1.29 is 14.6 Å². The molecule has 0 spiro atoms. The Kier molecular flexibility index (Phi) is 12.5.